The fraction of sp³-hybridized carbons (Fsp3) is 0.700. The van der Waals surface area contributed by atoms with Crippen LogP contribution >= 0.6 is 0 Å². The maximum absolute atomic E-state index is 4.46. The molecule has 0 aromatic carbocycles. The van der Waals surface area contributed by atoms with E-state index in [1.807, 2.05) is 6.33 Å². The van der Waals surface area contributed by atoms with E-state index in [2.05, 4.69) is 21.8 Å². The summed E-state index contributed by atoms with van der Waals surface area (Å²) in [6.07, 6.45) is 5.82. The smallest absolute Gasteiger partial charge is 0.0957 e. The van der Waals surface area contributed by atoms with Gasteiger partial charge in [0.05, 0.1) is 12.0 Å². The molecular weight excluding hydrogens is 162 g/mol. The van der Waals surface area contributed by atoms with Gasteiger partial charge in [-0.15, -0.1) is 0 Å². The number of aromatic nitrogens is 2. The molecule has 13 heavy (non-hydrogen) atoms. The number of rotatable bonds is 1. The van der Waals surface area contributed by atoms with Crippen molar-refractivity contribution in [2.45, 2.75) is 38.3 Å². The van der Waals surface area contributed by atoms with Gasteiger partial charge in [-0.3, -0.25) is 0 Å². The highest BCUT2D eigenvalue weighted by Gasteiger charge is 2.41. The van der Waals surface area contributed by atoms with Crippen molar-refractivity contribution >= 4 is 0 Å². The van der Waals surface area contributed by atoms with Gasteiger partial charge >= 0.3 is 0 Å². The summed E-state index contributed by atoms with van der Waals surface area (Å²) in [5.74, 6) is 0. The van der Waals surface area contributed by atoms with E-state index < -0.39 is 0 Å². The molecule has 0 bridgehead atoms. The van der Waals surface area contributed by atoms with Gasteiger partial charge in [0.25, 0.3) is 0 Å². The van der Waals surface area contributed by atoms with Crippen molar-refractivity contribution in [2.24, 2.45) is 0 Å². The maximum Gasteiger partial charge on any atom is 0.0957 e. The average molecular weight is 177 g/mol. The van der Waals surface area contributed by atoms with E-state index >= 15 is 0 Å². The first-order valence-corrected chi connectivity index (χ1v) is 5.06. The van der Waals surface area contributed by atoms with Gasteiger partial charge < -0.3 is 9.88 Å². The Morgan fingerprint density at radius 3 is 3.15 bits per heavy atom. The summed E-state index contributed by atoms with van der Waals surface area (Å²) in [5.41, 5.74) is 3.15. The van der Waals surface area contributed by atoms with Crippen LogP contribution in [-0.2, 0) is 18.5 Å². The molecule has 1 aromatic rings. The van der Waals surface area contributed by atoms with Crippen LogP contribution in [0.5, 0.6) is 0 Å². The van der Waals surface area contributed by atoms with Crippen molar-refractivity contribution in [2.75, 3.05) is 6.54 Å². The third kappa shape index (κ3) is 1.03. The van der Waals surface area contributed by atoms with Gasteiger partial charge in [0, 0.05) is 30.7 Å². The van der Waals surface area contributed by atoms with E-state index in [1.165, 1.54) is 24.2 Å². The van der Waals surface area contributed by atoms with Gasteiger partial charge in [0.2, 0.25) is 0 Å². The number of hydrogen-bond donors (Lipinski definition) is 1. The van der Waals surface area contributed by atoms with Gasteiger partial charge in [-0.25, -0.2) is 4.98 Å². The summed E-state index contributed by atoms with van der Waals surface area (Å²) < 4.78 is 2.41. The first kappa shape index (κ1) is 7.56. The minimum absolute atomic E-state index is 0.415. The van der Waals surface area contributed by atoms with Crippen LogP contribution in [0.25, 0.3) is 0 Å². The predicted molar refractivity (Wildman–Crippen MR) is 50.5 cm³/mol. The van der Waals surface area contributed by atoms with Gasteiger partial charge in [-0.1, -0.05) is 0 Å². The molecule has 3 nitrogen and oxygen atoms in total. The molecule has 2 heterocycles. The van der Waals surface area contributed by atoms with E-state index in [-0.39, 0.29) is 0 Å². The van der Waals surface area contributed by atoms with Crippen LogP contribution in [0, 0.1) is 0 Å². The molecule has 1 saturated carbocycles. The molecule has 0 atom stereocenters. The number of nitrogens with zero attached hydrogens (tertiary/aromatic N) is 2. The zero-order valence-corrected chi connectivity index (χ0v) is 8.01. The Morgan fingerprint density at radius 2 is 2.38 bits per heavy atom. The average Bonchev–Trinajstić information content (AvgIpc) is 2.76. The summed E-state index contributed by atoms with van der Waals surface area (Å²) in [5, 5.41) is 3.35. The highest BCUT2D eigenvalue weighted by atomic mass is 15.2. The quantitative estimate of drug-likeness (QED) is 0.694. The fourth-order valence-electron chi connectivity index (χ4n) is 2.12. The molecule has 0 unspecified atom stereocenters. The number of fused-ring (bicyclic) bond motifs is 1. The van der Waals surface area contributed by atoms with Gasteiger partial charge in [-0.2, -0.15) is 0 Å². The fourth-order valence-corrected chi connectivity index (χ4v) is 2.12. The summed E-state index contributed by atoms with van der Waals surface area (Å²) in [7, 11) is 0. The molecule has 1 aromatic heterocycles. The van der Waals surface area contributed by atoms with E-state index in [4.69, 9.17) is 0 Å². The highest BCUT2D eigenvalue weighted by Crippen LogP contribution is 2.44. The second-order valence-corrected chi connectivity index (χ2v) is 4.43. The monoisotopic (exact) mass is 177 g/mol. The molecule has 1 aliphatic carbocycles. The van der Waals surface area contributed by atoms with Crippen LogP contribution in [0.3, 0.4) is 0 Å². The lowest BCUT2D eigenvalue weighted by Gasteiger charge is -2.19. The minimum Gasteiger partial charge on any atom is -0.328 e. The normalized spacial score (nSPS) is 24.1. The van der Waals surface area contributed by atoms with E-state index in [1.54, 1.807) is 0 Å². The maximum atomic E-state index is 4.46. The molecule has 3 heteroatoms. The molecule has 70 valence electrons. The molecule has 0 spiro atoms. The molecule has 1 N–H and O–H groups in total. The summed E-state index contributed by atoms with van der Waals surface area (Å²) in [6, 6.07) is 0. The first-order valence-electron chi connectivity index (χ1n) is 5.06. The molecule has 2 aliphatic rings. The predicted octanol–water partition coefficient (Wildman–Crippen LogP) is 1.04. The number of imidazole rings is 1. The van der Waals surface area contributed by atoms with E-state index in [9.17, 15) is 0 Å². The topological polar surface area (TPSA) is 29.9 Å². The summed E-state index contributed by atoms with van der Waals surface area (Å²) in [6.45, 7) is 4.39. The van der Waals surface area contributed by atoms with Gasteiger partial charge in [0.15, 0.2) is 0 Å². The van der Waals surface area contributed by atoms with Crippen molar-refractivity contribution in [1.29, 1.82) is 0 Å². The third-order valence-electron chi connectivity index (χ3n) is 3.34. The number of hydrogen-bond acceptors (Lipinski definition) is 2. The Kier molecular flexibility index (Phi) is 1.37. The van der Waals surface area contributed by atoms with E-state index in [0.717, 1.165) is 19.5 Å². The van der Waals surface area contributed by atoms with Crippen LogP contribution in [-0.4, -0.2) is 16.1 Å². The van der Waals surface area contributed by atoms with Crippen LogP contribution in [0.2, 0.25) is 0 Å². The largest absolute Gasteiger partial charge is 0.328 e. The molecule has 1 fully saturated rings. The van der Waals surface area contributed by atoms with E-state index in [0.29, 0.717) is 5.54 Å². The zero-order valence-electron chi connectivity index (χ0n) is 8.01. The van der Waals surface area contributed by atoms with Crippen molar-refractivity contribution in [3.63, 3.8) is 0 Å². The molecule has 1 aliphatic heterocycles. The Labute approximate surface area is 78.2 Å². The third-order valence-corrected chi connectivity index (χ3v) is 3.34. The second kappa shape index (κ2) is 2.35. The lowest BCUT2D eigenvalue weighted by Crippen LogP contribution is -2.26. The molecule has 0 amide bonds. The lowest BCUT2D eigenvalue weighted by molar-refractivity contribution is 0.494. The van der Waals surface area contributed by atoms with Crippen LogP contribution < -0.4 is 5.32 Å². The summed E-state index contributed by atoms with van der Waals surface area (Å²) >= 11 is 0. The molecule has 0 radical (unpaired) electrons. The Bertz CT molecular complexity index is 336. The Hall–Kier alpha value is -0.830. The van der Waals surface area contributed by atoms with Crippen molar-refractivity contribution < 1.29 is 0 Å². The minimum atomic E-state index is 0.415. The van der Waals surface area contributed by atoms with Crippen molar-refractivity contribution in [1.82, 2.24) is 14.9 Å². The number of nitrogens with one attached hydrogen (secondary N) is 1. The summed E-state index contributed by atoms with van der Waals surface area (Å²) in [4.78, 5) is 4.46. The van der Waals surface area contributed by atoms with Gasteiger partial charge in [0.1, 0.15) is 0 Å². The van der Waals surface area contributed by atoms with Crippen molar-refractivity contribution in [3.05, 3.63) is 17.7 Å². The van der Waals surface area contributed by atoms with Gasteiger partial charge in [-0.05, 0) is 19.8 Å². The molecular formula is C10H15N3. The standard InChI is InChI=1S/C10H15N3/c1-10(3-4-10)13-7-12-8-6-11-5-2-9(8)13/h7,11H,2-6H2,1H3. The SMILES string of the molecule is CC1(n2cnc3c2CCNC3)CC1. The van der Waals surface area contributed by atoms with Crippen LogP contribution in [0.4, 0.5) is 0 Å². The van der Waals surface area contributed by atoms with Crippen LogP contribution in [0.1, 0.15) is 31.2 Å². The Morgan fingerprint density at radius 1 is 1.54 bits per heavy atom. The molecule has 3 rings (SSSR count). The first-order chi connectivity index (χ1) is 6.30. The highest BCUT2D eigenvalue weighted by molar-refractivity contribution is 5.20. The second-order valence-electron chi connectivity index (χ2n) is 4.43. The van der Waals surface area contributed by atoms with Crippen molar-refractivity contribution in [3.8, 4) is 0 Å². The zero-order chi connectivity index (χ0) is 8.89. The Balaban J connectivity index is 2.06. The lowest BCUT2D eigenvalue weighted by atomic mass is 10.1. The van der Waals surface area contributed by atoms with Crippen LogP contribution in [0.15, 0.2) is 6.33 Å². The molecule has 0 saturated heterocycles.